The molecular formula is C24H37BrN2O4S2. The number of rotatable bonds is 7. The number of sulfone groups is 1. The van der Waals surface area contributed by atoms with E-state index >= 15 is 0 Å². The molecule has 1 amide bonds. The Labute approximate surface area is 211 Å². The maximum atomic E-state index is 12.7. The Morgan fingerprint density at radius 3 is 2.39 bits per heavy atom. The number of hydrogen-bond donors (Lipinski definition) is 1. The molecule has 1 N–H and O–H groups in total. The van der Waals surface area contributed by atoms with Crippen LogP contribution in [0.2, 0.25) is 0 Å². The maximum Gasteiger partial charge on any atom is 0.407 e. The number of aliphatic imine (C=N–C) groups is 1. The van der Waals surface area contributed by atoms with Crippen LogP contribution in [-0.4, -0.2) is 53.1 Å². The third-order valence-electron chi connectivity index (χ3n) is 8.05. The van der Waals surface area contributed by atoms with Crippen LogP contribution < -0.4 is 5.32 Å². The predicted molar refractivity (Wildman–Crippen MR) is 139 cm³/mol. The number of halogens is 1. The molecule has 4 saturated carbocycles. The van der Waals surface area contributed by atoms with Gasteiger partial charge in [-0.15, -0.1) is 11.8 Å². The Morgan fingerprint density at radius 1 is 1.24 bits per heavy atom. The zero-order chi connectivity index (χ0) is 24.0. The van der Waals surface area contributed by atoms with E-state index in [1.807, 2.05) is 25.6 Å². The zero-order valence-electron chi connectivity index (χ0n) is 19.9. The number of alkyl halides is 1. The summed E-state index contributed by atoms with van der Waals surface area (Å²) in [6.45, 7) is 9.88. The molecule has 33 heavy (non-hydrogen) atoms. The van der Waals surface area contributed by atoms with Gasteiger partial charge in [-0.2, -0.15) is 0 Å². The lowest BCUT2D eigenvalue weighted by molar-refractivity contribution is 0.0529. The van der Waals surface area contributed by atoms with Crippen molar-refractivity contribution in [1.29, 1.82) is 0 Å². The quantitative estimate of drug-likeness (QED) is 0.409. The topological polar surface area (TPSA) is 84.8 Å². The van der Waals surface area contributed by atoms with Gasteiger partial charge in [-0.1, -0.05) is 29.4 Å². The van der Waals surface area contributed by atoms with Crippen LogP contribution in [0.5, 0.6) is 0 Å². The summed E-state index contributed by atoms with van der Waals surface area (Å²) in [6.07, 6.45) is 7.28. The van der Waals surface area contributed by atoms with Gasteiger partial charge < -0.3 is 10.1 Å². The van der Waals surface area contributed by atoms with E-state index in [-0.39, 0.29) is 45.2 Å². The van der Waals surface area contributed by atoms with Crippen molar-refractivity contribution in [2.45, 2.75) is 106 Å². The molecule has 0 spiro atoms. The molecular weight excluding hydrogens is 524 g/mol. The van der Waals surface area contributed by atoms with Crippen molar-refractivity contribution in [2.24, 2.45) is 16.3 Å². The first-order chi connectivity index (χ1) is 15.5. The molecule has 9 heteroatoms. The molecule has 6 nitrogen and oxygen atoms in total. The second-order valence-corrected chi connectivity index (χ2v) is 15.3. The van der Waals surface area contributed by atoms with Gasteiger partial charge in [0.05, 0.1) is 22.4 Å². The number of hydrogen-bond acceptors (Lipinski definition) is 6. The van der Waals surface area contributed by atoms with Gasteiger partial charge >= 0.3 is 6.09 Å². The van der Waals surface area contributed by atoms with E-state index in [1.54, 1.807) is 0 Å². The molecule has 1 aliphatic heterocycles. The van der Waals surface area contributed by atoms with Crippen molar-refractivity contribution in [3.8, 4) is 0 Å². The van der Waals surface area contributed by atoms with Crippen molar-refractivity contribution in [3.63, 3.8) is 0 Å². The Bertz CT molecular complexity index is 904. The van der Waals surface area contributed by atoms with E-state index in [1.165, 1.54) is 5.04 Å². The summed E-state index contributed by atoms with van der Waals surface area (Å²) in [5, 5.41) is 4.14. The summed E-state index contributed by atoms with van der Waals surface area (Å²) in [7, 11) is -3.24. The van der Waals surface area contributed by atoms with Crippen LogP contribution in [0.15, 0.2) is 16.5 Å². The second kappa shape index (κ2) is 9.49. The fourth-order valence-corrected chi connectivity index (χ4v) is 9.32. The largest absolute Gasteiger partial charge is 0.447 e. The fraction of sp³-hybridized carbons (Fsp3) is 0.833. The molecule has 186 valence electrons. The molecule has 4 fully saturated rings. The number of nitrogens with zero attached hydrogens (tertiary/aromatic N) is 1. The minimum atomic E-state index is -3.24. The minimum absolute atomic E-state index is 0.0434. The summed E-state index contributed by atoms with van der Waals surface area (Å²) in [4.78, 5) is 18.2. The smallest absolute Gasteiger partial charge is 0.407 e. The van der Waals surface area contributed by atoms with Gasteiger partial charge in [0, 0.05) is 32.9 Å². The monoisotopic (exact) mass is 560 g/mol. The number of thioether (sulfide) groups is 1. The van der Waals surface area contributed by atoms with Gasteiger partial charge in [0.1, 0.15) is 0 Å². The maximum absolute atomic E-state index is 12.7. The molecule has 5 aliphatic rings. The Kier molecular flexibility index (Phi) is 7.35. The van der Waals surface area contributed by atoms with Crippen LogP contribution in [-0.2, 0) is 14.6 Å². The highest BCUT2D eigenvalue weighted by atomic mass is 79.9. The third-order valence-corrected chi connectivity index (χ3v) is 13.3. The van der Waals surface area contributed by atoms with E-state index in [0.717, 1.165) is 57.1 Å². The molecule has 1 heterocycles. The first-order valence-corrected chi connectivity index (χ1v) is 15.7. The van der Waals surface area contributed by atoms with Crippen LogP contribution in [0.4, 0.5) is 4.79 Å². The molecule has 4 aliphatic carbocycles. The Balaban J connectivity index is 1.49. The number of ether oxygens (including phenoxy) is 1. The van der Waals surface area contributed by atoms with E-state index in [9.17, 15) is 13.2 Å². The average molecular weight is 562 g/mol. The van der Waals surface area contributed by atoms with Gasteiger partial charge in [-0.05, 0) is 71.1 Å². The van der Waals surface area contributed by atoms with Gasteiger partial charge in [0.15, 0.2) is 9.84 Å². The van der Waals surface area contributed by atoms with Gasteiger partial charge in [-0.3, -0.25) is 4.99 Å². The molecule has 2 bridgehead atoms. The lowest BCUT2D eigenvalue weighted by atomic mass is 9.57. The number of nitrogens with one attached hydrogen (secondary N) is 1. The number of carbonyl (C=O) groups excluding carboxylic acids is 1. The van der Waals surface area contributed by atoms with Crippen molar-refractivity contribution in [2.75, 3.05) is 5.75 Å². The van der Waals surface area contributed by atoms with Crippen molar-refractivity contribution >= 4 is 48.7 Å². The second-order valence-electron chi connectivity index (χ2n) is 10.8. The molecule has 0 aromatic rings. The molecule has 3 atom stereocenters. The van der Waals surface area contributed by atoms with Gasteiger partial charge in [-0.25, -0.2) is 13.2 Å². The minimum Gasteiger partial charge on any atom is -0.447 e. The summed E-state index contributed by atoms with van der Waals surface area (Å²) in [6, 6.07) is -0.0810. The van der Waals surface area contributed by atoms with Crippen LogP contribution >= 0.6 is 27.7 Å². The Hall–Kier alpha value is -0.540. The fourth-order valence-electron chi connectivity index (χ4n) is 5.50. The number of alkyl carbamates (subject to hydrolysis) is 1. The predicted octanol–water partition coefficient (Wildman–Crippen LogP) is 5.61. The van der Waals surface area contributed by atoms with Crippen molar-refractivity contribution in [1.82, 2.24) is 5.32 Å². The van der Waals surface area contributed by atoms with E-state index in [0.29, 0.717) is 11.3 Å². The summed E-state index contributed by atoms with van der Waals surface area (Å²) in [5.41, 5.74) is -0.122. The summed E-state index contributed by atoms with van der Waals surface area (Å²) in [5.74, 6) is 1.17. The van der Waals surface area contributed by atoms with Crippen molar-refractivity contribution in [3.05, 3.63) is 11.5 Å². The van der Waals surface area contributed by atoms with E-state index in [2.05, 4.69) is 34.7 Å². The lowest BCUT2D eigenvalue weighted by Crippen LogP contribution is -2.58. The highest BCUT2D eigenvalue weighted by Gasteiger charge is 2.52. The number of fused-ring (bicyclic) bond motifs is 3. The molecule has 1 unspecified atom stereocenters. The standard InChI is InChI=1S/C24H37BrN2O4S2/c1-15(2)31-22(28)27-24-10-7-23(8-11-24,9-12-24)21-26-20(17(4)19(25)14-32-21)13-16(3)33(29,30)18-5-6-18/h15,17-20H,3,5-14H2,1-2,4H3,(H,27,28)/t17-,19?,20+,23?,24?/m1/s1. The summed E-state index contributed by atoms with van der Waals surface area (Å²) < 4.78 is 30.8. The zero-order valence-corrected chi connectivity index (χ0v) is 23.2. The van der Waals surface area contributed by atoms with Crippen LogP contribution in [0.25, 0.3) is 0 Å². The van der Waals surface area contributed by atoms with E-state index < -0.39 is 9.84 Å². The first kappa shape index (κ1) is 25.5. The average Bonchev–Trinajstić information content (AvgIpc) is 3.61. The van der Waals surface area contributed by atoms with Crippen LogP contribution in [0, 0.1) is 11.3 Å². The van der Waals surface area contributed by atoms with E-state index in [4.69, 9.17) is 9.73 Å². The highest BCUT2D eigenvalue weighted by Crippen LogP contribution is 2.55. The molecule has 0 aromatic heterocycles. The van der Waals surface area contributed by atoms with Crippen LogP contribution in [0.1, 0.15) is 78.6 Å². The molecule has 0 saturated heterocycles. The van der Waals surface area contributed by atoms with Gasteiger partial charge in [0.2, 0.25) is 0 Å². The number of amides is 1. The molecule has 5 rings (SSSR count). The SMILES string of the molecule is C=C(C[C@@H]1N=C(C23CCC(NC(=O)OC(C)C)(CC2)CC3)SCC(Br)[C@H]1C)S(=O)(=O)C1CC1. The highest BCUT2D eigenvalue weighted by molar-refractivity contribution is 9.09. The summed E-state index contributed by atoms with van der Waals surface area (Å²) >= 11 is 5.69. The third kappa shape index (κ3) is 5.35. The van der Waals surface area contributed by atoms with Gasteiger partial charge in [0.25, 0.3) is 0 Å². The Morgan fingerprint density at radius 2 is 1.85 bits per heavy atom. The number of carbonyl (C=O) groups is 1. The first-order valence-electron chi connectivity index (χ1n) is 12.2. The normalized spacial score (nSPS) is 36.8. The van der Waals surface area contributed by atoms with Crippen molar-refractivity contribution < 1.29 is 17.9 Å². The van der Waals surface area contributed by atoms with Crippen LogP contribution in [0.3, 0.4) is 0 Å². The lowest BCUT2D eigenvalue weighted by Gasteiger charge is -2.53. The molecule has 0 radical (unpaired) electrons. The molecule has 0 aromatic carbocycles.